The molecular weight excluding hydrogens is 709 g/mol. The highest BCUT2D eigenvalue weighted by Crippen LogP contribution is 2.46. The van der Waals surface area contributed by atoms with E-state index in [1.807, 2.05) is 31.1 Å². The first-order chi connectivity index (χ1) is 26.1. The second-order valence-electron chi connectivity index (χ2n) is 14.6. The summed E-state index contributed by atoms with van der Waals surface area (Å²) in [6.45, 7) is 6.69. The molecule has 3 aromatic heterocycles. The molecule has 3 aliphatic rings. The fourth-order valence-electron chi connectivity index (χ4n) is 8.05. The van der Waals surface area contributed by atoms with Crippen LogP contribution in [0.1, 0.15) is 87.7 Å². The minimum Gasteiger partial charge on any atom is -0.453 e. The molecule has 15 heteroatoms. The lowest BCUT2D eigenvalue weighted by Gasteiger charge is -2.30. The van der Waals surface area contributed by atoms with Gasteiger partial charge in [-0.15, -0.1) is 11.3 Å². The van der Waals surface area contributed by atoms with Gasteiger partial charge in [-0.2, -0.15) is 0 Å². The van der Waals surface area contributed by atoms with Gasteiger partial charge in [0.05, 0.1) is 55.0 Å². The maximum atomic E-state index is 13.7. The van der Waals surface area contributed by atoms with Crippen LogP contribution in [0.5, 0.6) is 0 Å². The number of likely N-dealkylation sites (tertiary alicyclic amines) is 2. The number of carbonyl (C=O) groups is 4. The molecule has 54 heavy (non-hydrogen) atoms. The average molecular weight is 757 g/mol. The van der Waals surface area contributed by atoms with Crippen LogP contribution in [-0.4, -0.2) is 93.1 Å². The van der Waals surface area contributed by atoms with Crippen molar-refractivity contribution in [1.29, 1.82) is 0 Å². The van der Waals surface area contributed by atoms with E-state index in [4.69, 9.17) is 9.72 Å². The Hall–Kier alpha value is -5.18. The van der Waals surface area contributed by atoms with Crippen LogP contribution >= 0.6 is 11.3 Å². The van der Waals surface area contributed by atoms with Crippen molar-refractivity contribution in [1.82, 2.24) is 40.4 Å². The molecule has 0 radical (unpaired) electrons. The van der Waals surface area contributed by atoms with Crippen molar-refractivity contribution in [2.45, 2.75) is 89.9 Å². The van der Waals surface area contributed by atoms with Crippen molar-refractivity contribution in [2.75, 3.05) is 27.3 Å². The van der Waals surface area contributed by atoms with E-state index in [-0.39, 0.29) is 29.8 Å². The summed E-state index contributed by atoms with van der Waals surface area (Å²) in [5.74, 6) is 1.10. The number of thiophene rings is 1. The minimum absolute atomic E-state index is 0.101. The molecule has 5 heterocycles. The van der Waals surface area contributed by atoms with E-state index >= 15 is 0 Å². The fraction of sp³-hybridized carbons (Fsp3) is 0.487. The topological polar surface area (TPSA) is 175 Å². The standard InChI is InChI=1S/C39H48N8O6S/c1-21(2)31(45-39(51)53-5)37(49)47-18-8-12-30(47)35-41-20-28(44-35)33-26-10-6-9-25(26)32(54-33)24-15-13-23(14-16-24)27-19-40-34(43-27)29-11-7-17-46(29)36(48)22(3)42-38(50)52-4/h13-16,19-22,29-31H,6-12,17-18H2,1-5H3,(H,40,43)(H,41,44)(H,42,50)(H,45,51)/t22-,29-,30-,31-/m0/s1. The molecular formula is C39H48N8O6S. The minimum atomic E-state index is -0.705. The predicted molar refractivity (Wildman–Crippen MR) is 203 cm³/mol. The average Bonchev–Trinajstić information content (AvgIpc) is 4.01. The maximum Gasteiger partial charge on any atom is 0.407 e. The largest absolute Gasteiger partial charge is 0.453 e. The molecule has 2 saturated heterocycles. The van der Waals surface area contributed by atoms with Gasteiger partial charge < -0.3 is 39.9 Å². The van der Waals surface area contributed by atoms with Crippen LogP contribution in [0.25, 0.3) is 32.3 Å². The molecule has 2 fully saturated rings. The first kappa shape index (κ1) is 37.1. The summed E-state index contributed by atoms with van der Waals surface area (Å²) < 4.78 is 9.45. The van der Waals surface area contributed by atoms with Gasteiger partial charge in [-0.3, -0.25) is 9.59 Å². The Bertz CT molecular complexity index is 2020. The molecule has 4 atom stereocenters. The third kappa shape index (κ3) is 7.20. The van der Waals surface area contributed by atoms with Crippen molar-refractivity contribution >= 4 is 35.3 Å². The van der Waals surface area contributed by atoms with Crippen LogP contribution in [0.2, 0.25) is 0 Å². The van der Waals surface area contributed by atoms with Gasteiger partial charge in [0, 0.05) is 18.0 Å². The molecule has 0 spiro atoms. The fourth-order valence-corrected chi connectivity index (χ4v) is 9.42. The lowest BCUT2D eigenvalue weighted by atomic mass is 10.0. The number of rotatable bonds is 10. The zero-order valence-electron chi connectivity index (χ0n) is 31.4. The number of nitrogens with zero attached hydrogens (tertiary/aromatic N) is 4. The van der Waals surface area contributed by atoms with Gasteiger partial charge >= 0.3 is 12.2 Å². The molecule has 286 valence electrons. The van der Waals surface area contributed by atoms with Gasteiger partial charge in [0.1, 0.15) is 23.7 Å². The SMILES string of the molecule is COC(=O)N[C@@H](C)C(=O)N1CCC[C@H]1c1ncc(-c2ccc(-c3sc(-c4cnc([C@@H]5CCCN5C(=O)[C@@H](NC(=O)OC)C(C)C)[nH]4)c4c3CCC4)cc2)[nH]1. The Labute approximate surface area is 318 Å². The van der Waals surface area contributed by atoms with Crippen molar-refractivity contribution in [3.05, 3.63) is 59.4 Å². The molecule has 0 bridgehead atoms. The van der Waals surface area contributed by atoms with Crippen molar-refractivity contribution < 1.29 is 28.7 Å². The number of imidazole rings is 2. The third-order valence-electron chi connectivity index (χ3n) is 10.8. The monoisotopic (exact) mass is 756 g/mol. The van der Waals surface area contributed by atoms with E-state index in [0.717, 1.165) is 79.1 Å². The highest BCUT2D eigenvalue weighted by atomic mass is 32.1. The number of ether oxygens (including phenoxy) is 2. The number of nitrogens with one attached hydrogen (secondary N) is 4. The quantitative estimate of drug-likeness (QED) is 0.149. The second kappa shape index (κ2) is 15.7. The summed E-state index contributed by atoms with van der Waals surface area (Å²) in [5.41, 5.74) is 6.73. The molecule has 4 amide bonds. The molecule has 4 aromatic rings. The van der Waals surface area contributed by atoms with E-state index in [2.05, 4.69) is 54.6 Å². The van der Waals surface area contributed by atoms with Gasteiger partial charge in [-0.05, 0) is 80.0 Å². The number of fused-ring (bicyclic) bond motifs is 1. The summed E-state index contributed by atoms with van der Waals surface area (Å²) in [6.07, 6.45) is 8.88. The number of hydrogen-bond donors (Lipinski definition) is 4. The first-order valence-electron chi connectivity index (χ1n) is 18.7. The highest BCUT2D eigenvalue weighted by Gasteiger charge is 2.38. The lowest BCUT2D eigenvalue weighted by molar-refractivity contribution is -0.135. The number of amides is 4. The van der Waals surface area contributed by atoms with Crippen LogP contribution < -0.4 is 10.6 Å². The van der Waals surface area contributed by atoms with Gasteiger partial charge in [-0.1, -0.05) is 38.1 Å². The van der Waals surface area contributed by atoms with Gasteiger partial charge in [0.2, 0.25) is 11.8 Å². The Morgan fingerprint density at radius 3 is 1.89 bits per heavy atom. The summed E-state index contributed by atoms with van der Waals surface area (Å²) in [7, 11) is 2.57. The molecule has 0 unspecified atom stereocenters. The van der Waals surface area contributed by atoms with Crippen molar-refractivity contribution in [3.8, 4) is 32.3 Å². The number of aromatic nitrogens is 4. The Balaban J connectivity index is 1.07. The van der Waals surface area contributed by atoms with E-state index in [1.165, 1.54) is 35.1 Å². The van der Waals surface area contributed by atoms with Crippen LogP contribution in [0.3, 0.4) is 0 Å². The molecule has 14 nitrogen and oxygen atoms in total. The molecule has 1 aliphatic carbocycles. The normalized spacial score (nSPS) is 19.1. The second-order valence-corrected chi connectivity index (χ2v) is 15.6. The number of methoxy groups -OCH3 is 2. The Kier molecular flexibility index (Phi) is 10.8. The van der Waals surface area contributed by atoms with Crippen molar-refractivity contribution in [2.24, 2.45) is 5.92 Å². The zero-order chi connectivity index (χ0) is 38.1. The van der Waals surface area contributed by atoms with E-state index in [9.17, 15) is 19.2 Å². The van der Waals surface area contributed by atoms with Gasteiger partial charge in [-0.25, -0.2) is 19.6 Å². The van der Waals surface area contributed by atoms with Crippen LogP contribution in [-0.2, 0) is 31.9 Å². The number of alkyl carbamates (subject to hydrolysis) is 2. The molecule has 7 rings (SSSR count). The number of H-pyrrole nitrogens is 2. The number of carbonyl (C=O) groups excluding carboxylic acids is 4. The molecule has 1 aromatic carbocycles. The number of hydrogen-bond acceptors (Lipinski definition) is 9. The summed E-state index contributed by atoms with van der Waals surface area (Å²) in [6, 6.07) is 6.74. The van der Waals surface area contributed by atoms with Gasteiger partial charge in [0.25, 0.3) is 0 Å². The van der Waals surface area contributed by atoms with E-state index in [0.29, 0.717) is 13.1 Å². The summed E-state index contributed by atoms with van der Waals surface area (Å²) >= 11 is 1.78. The third-order valence-corrected chi connectivity index (χ3v) is 12.2. The first-order valence-corrected chi connectivity index (χ1v) is 19.5. The van der Waals surface area contributed by atoms with E-state index in [1.54, 1.807) is 23.2 Å². The lowest BCUT2D eigenvalue weighted by Crippen LogP contribution is -2.51. The highest BCUT2D eigenvalue weighted by molar-refractivity contribution is 7.19. The van der Waals surface area contributed by atoms with Gasteiger partial charge in [0.15, 0.2) is 0 Å². The Morgan fingerprint density at radius 2 is 1.28 bits per heavy atom. The zero-order valence-corrected chi connectivity index (χ0v) is 32.2. The van der Waals surface area contributed by atoms with Crippen LogP contribution in [0.4, 0.5) is 9.59 Å². The van der Waals surface area contributed by atoms with E-state index < -0.39 is 24.3 Å². The summed E-state index contributed by atoms with van der Waals surface area (Å²) in [4.78, 5) is 73.1. The van der Waals surface area contributed by atoms with Crippen LogP contribution in [0.15, 0.2) is 36.7 Å². The molecule has 4 N–H and O–H groups in total. The number of benzene rings is 1. The molecule has 2 aliphatic heterocycles. The predicted octanol–water partition coefficient (Wildman–Crippen LogP) is 6.14. The van der Waals surface area contributed by atoms with Crippen LogP contribution in [0, 0.1) is 5.92 Å². The smallest absolute Gasteiger partial charge is 0.407 e. The van der Waals surface area contributed by atoms with Crippen molar-refractivity contribution in [3.63, 3.8) is 0 Å². The maximum absolute atomic E-state index is 13.7. The summed E-state index contributed by atoms with van der Waals surface area (Å²) in [5, 5.41) is 5.29. The Morgan fingerprint density at radius 1 is 0.741 bits per heavy atom. The number of aromatic amines is 2. The molecule has 0 saturated carbocycles.